The highest BCUT2D eigenvalue weighted by molar-refractivity contribution is 6.30. The van der Waals surface area contributed by atoms with E-state index in [1.807, 2.05) is 12.3 Å². The van der Waals surface area contributed by atoms with Crippen LogP contribution in [0, 0.1) is 0 Å². The highest BCUT2D eigenvalue weighted by atomic mass is 35.5. The second-order valence-corrected chi connectivity index (χ2v) is 5.88. The maximum atomic E-state index is 5.91. The average molecular weight is 278 g/mol. The number of H-pyrrole nitrogens is 1. The number of rotatable bonds is 1. The monoisotopic (exact) mass is 277 g/mol. The Morgan fingerprint density at radius 2 is 2.05 bits per heavy atom. The molecular weight excluding hydrogens is 262 g/mol. The van der Waals surface area contributed by atoms with E-state index in [1.165, 1.54) is 19.3 Å². The van der Waals surface area contributed by atoms with Gasteiger partial charge >= 0.3 is 0 Å². The molecule has 0 saturated carbocycles. The van der Waals surface area contributed by atoms with Gasteiger partial charge in [0.1, 0.15) is 5.15 Å². The average Bonchev–Trinajstić information content (AvgIpc) is 2.81. The SMILES string of the molecule is Clc1cc2[nH]nc(N3CC4CCCC(C3)N4)c2cn1. The lowest BCUT2D eigenvalue weighted by Crippen LogP contribution is -2.58. The van der Waals surface area contributed by atoms with Crippen LogP contribution in [0.4, 0.5) is 5.82 Å². The number of nitrogens with zero attached hydrogens (tertiary/aromatic N) is 3. The summed E-state index contributed by atoms with van der Waals surface area (Å²) in [5.74, 6) is 1.01. The normalized spacial score (nSPS) is 26.9. The Morgan fingerprint density at radius 1 is 1.26 bits per heavy atom. The first kappa shape index (κ1) is 11.5. The first-order valence-electron chi connectivity index (χ1n) is 6.80. The van der Waals surface area contributed by atoms with E-state index in [1.54, 1.807) is 0 Å². The van der Waals surface area contributed by atoms with Crippen LogP contribution < -0.4 is 10.2 Å². The summed E-state index contributed by atoms with van der Waals surface area (Å²) in [7, 11) is 0. The summed E-state index contributed by atoms with van der Waals surface area (Å²) in [5, 5.41) is 12.8. The zero-order chi connectivity index (χ0) is 12.8. The van der Waals surface area contributed by atoms with Crippen molar-refractivity contribution in [2.24, 2.45) is 0 Å². The van der Waals surface area contributed by atoms with Crippen molar-refractivity contribution in [2.75, 3.05) is 18.0 Å². The van der Waals surface area contributed by atoms with Gasteiger partial charge in [-0.15, -0.1) is 0 Å². The Labute approximate surface area is 116 Å². The molecule has 2 fully saturated rings. The number of piperidine rings is 1. The lowest BCUT2D eigenvalue weighted by molar-refractivity contribution is 0.283. The van der Waals surface area contributed by atoms with Crippen LogP contribution >= 0.6 is 11.6 Å². The molecule has 0 aliphatic carbocycles. The summed E-state index contributed by atoms with van der Waals surface area (Å²) in [5.41, 5.74) is 0.957. The highest BCUT2D eigenvalue weighted by Gasteiger charge is 2.31. The quantitative estimate of drug-likeness (QED) is 0.782. The van der Waals surface area contributed by atoms with Crippen molar-refractivity contribution in [1.82, 2.24) is 20.5 Å². The number of hydrogen-bond acceptors (Lipinski definition) is 4. The zero-order valence-corrected chi connectivity index (χ0v) is 11.3. The van der Waals surface area contributed by atoms with E-state index in [0.29, 0.717) is 17.2 Å². The summed E-state index contributed by atoms with van der Waals surface area (Å²) >= 11 is 5.91. The highest BCUT2D eigenvalue weighted by Crippen LogP contribution is 2.29. The van der Waals surface area contributed by atoms with Crippen LogP contribution in [0.2, 0.25) is 5.15 Å². The van der Waals surface area contributed by atoms with Crippen molar-refractivity contribution in [3.63, 3.8) is 0 Å². The van der Waals surface area contributed by atoms with Gasteiger partial charge in [-0.3, -0.25) is 5.10 Å². The number of halogens is 1. The second kappa shape index (κ2) is 4.35. The van der Waals surface area contributed by atoms with Crippen LogP contribution in [0.3, 0.4) is 0 Å². The predicted octanol–water partition coefficient (Wildman–Crippen LogP) is 1.94. The van der Waals surface area contributed by atoms with Gasteiger partial charge in [-0.2, -0.15) is 5.10 Å². The minimum absolute atomic E-state index is 0.500. The van der Waals surface area contributed by atoms with Gasteiger partial charge in [0.05, 0.1) is 10.9 Å². The first-order chi connectivity index (χ1) is 9.29. The lowest BCUT2D eigenvalue weighted by atomic mass is 9.94. The number of aromatic nitrogens is 3. The minimum Gasteiger partial charge on any atom is -0.351 e. The molecule has 2 atom stereocenters. The van der Waals surface area contributed by atoms with Crippen molar-refractivity contribution < 1.29 is 0 Å². The molecule has 4 heterocycles. The molecule has 2 aromatic heterocycles. The zero-order valence-electron chi connectivity index (χ0n) is 10.6. The van der Waals surface area contributed by atoms with Gasteiger partial charge in [0.15, 0.2) is 5.82 Å². The van der Waals surface area contributed by atoms with E-state index in [2.05, 4.69) is 25.4 Å². The van der Waals surface area contributed by atoms with Gasteiger partial charge in [-0.1, -0.05) is 18.0 Å². The molecule has 2 unspecified atom stereocenters. The Morgan fingerprint density at radius 3 is 2.84 bits per heavy atom. The first-order valence-corrected chi connectivity index (χ1v) is 7.18. The molecule has 2 aromatic rings. The van der Waals surface area contributed by atoms with Crippen LogP contribution in [0.25, 0.3) is 10.9 Å². The van der Waals surface area contributed by atoms with Crippen molar-refractivity contribution in [3.8, 4) is 0 Å². The van der Waals surface area contributed by atoms with E-state index < -0.39 is 0 Å². The van der Waals surface area contributed by atoms with Crippen LogP contribution in [-0.2, 0) is 0 Å². The smallest absolute Gasteiger partial charge is 0.159 e. The summed E-state index contributed by atoms with van der Waals surface area (Å²) in [4.78, 5) is 6.54. The molecule has 6 heteroatoms. The van der Waals surface area contributed by atoms with Crippen LogP contribution in [0.1, 0.15) is 19.3 Å². The molecule has 0 amide bonds. The Hall–Kier alpha value is -1.33. The number of pyridine rings is 1. The van der Waals surface area contributed by atoms with Gasteiger partial charge in [0, 0.05) is 37.4 Å². The van der Waals surface area contributed by atoms with Crippen LogP contribution in [-0.4, -0.2) is 40.4 Å². The minimum atomic E-state index is 0.500. The summed E-state index contributed by atoms with van der Waals surface area (Å²) in [6.45, 7) is 2.05. The molecule has 19 heavy (non-hydrogen) atoms. The van der Waals surface area contributed by atoms with Gasteiger partial charge in [-0.05, 0) is 12.8 Å². The Balaban J connectivity index is 1.70. The summed E-state index contributed by atoms with van der Waals surface area (Å²) < 4.78 is 0. The fraction of sp³-hybridized carbons (Fsp3) is 0.538. The van der Waals surface area contributed by atoms with Crippen LogP contribution in [0.5, 0.6) is 0 Å². The van der Waals surface area contributed by atoms with E-state index in [4.69, 9.17) is 11.6 Å². The largest absolute Gasteiger partial charge is 0.351 e. The molecule has 5 nitrogen and oxygen atoms in total. The Kier molecular flexibility index (Phi) is 2.63. The van der Waals surface area contributed by atoms with E-state index in [9.17, 15) is 0 Å². The number of fused-ring (bicyclic) bond motifs is 3. The lowest BCUT2D eigenvalue weighted by Gasteiger charge is -2.42. The molecule has 0 radical (unpaired) electrons. The number of aromatic amines is 1. The molecule has 0 aromatic carbocycles. The number of piperazine rings is 1. The molecular formula is C13H16ClN5. The summed E-state index contributed by atoms with van der Waals surface area (Å²) in [6, 6.07) is 3.02. The van der Waals surface area contributed by atoms with E-state index in [-0.39, 0.29) is 0 Å². The van der Waals surface area contributed by atoms with Crippen molar-refractivity contribution >= 4 is 28.3 Å². The third kappa shape index (κ3) is 1.97. The van der Waals surface area contributed by atoms with Crippen molar-refractivity contribution in [2.45, 2.75) is 31.3 Å². The standard InChI is InChI=1S/C13H16ClN5/c14-12-4-11-10(5-15-12)13(18-17-11)19-6-8-2-1-3-9(7-19)16-8/h4-5,8-9,16H,1-3,6-7H2,(H,17,18). The molecule has 2 N–H and O–H groups in total. The molecule has 4 rings (SSSR count). The third-order valence-corrected chi connectivity index (χ3v) is 4.36. The fourth-order valence-electron chi connectivity index (χ4n) is 3.29. The Bertz CT molecular complexity index is 598. The summed E-state index contributed by atoms with van der Waals surface area (Å²) in [6.07, 6.45) is 5.68. The molecule has 2 aliphatic rings. The van der Waals surface area contributed by atoms with Gasteiger partial charge in [-0.25, -0.2) is 4.98 Å². The maximum Gasteiger partial charge on any atom is 0.159 e. The fourth-order valence-corrected chi connectivity index (χ4v) is 3.45. The number of nitrogens with one attached hydrogen (secondary N) is 2. The molecule has 2 bridgehead atoms. The van der Waals surface area contributed by atoms with Crippen molar-refractivity contribution in [1.29, 1.82) is 0 Å². The predicted molar refractivity (Wildman–Crippen MR) is 75.7 cm³/mol. The van der Waals surface area contributed by atoms with Gasteiger partial charge in [0.25, 0.3) is 0 Å². The second-order valence-electron chi connectivity index (χ2n) is 5.50. The topological polar surface area (TPSA) is 56.8 Å². The molecule has 2 aliphatic heterocycles. The number of hydrogen-bond donors (Lipinski definition) is 2. The van der Waals surface area contributed by atoms with Crippen LogP contribution in [0.15, 0.2) is 12.3 Å². The maximum absolute atomic E-state index is 5.91. The van der Waals surface area contributed by atoms with E-state index in [0.717, 1.165) is 29.8 Å². The van der Waals surface area contributed by atoms with Gasteiger partial charge in [0.2, 0.25) is 0 Å². The molecule has 100 valence electrons. The third-order valence-electron chi connectivity index (χ3n) is 4.15. The number of anilines is 1. The van der Waals surface area contributed by atoms with Crippen molar-refractivity contribution in [3.05, 3.63) is 17.4 Å². The molecule has 0 spiro atoms. The van der Waals surface area contributed by atoms with E-state index >= 15 is 0 Å². The molecule has 2 saturated heterocycles. The van der Waals surface area contributed by atoms with Gasteiger partial charge < -0.3 is 10.2 Å².